The van der Waals surface area contributed by atoms with Crippen LogP contribution in [-0.4, -0.2) is 5.78 Å². The largest absolute Gasteiger partial charge is 0.289 e. The molecular weight excluding hydrogens is 347 g/mol. The first-order valence-corrected chi connectivity index (χ1v) is 7.04. The monoisotopic (exact) mass is 354 g/mol. The maximum Gasteiger partial charge on any atom is 0.187 e. The Morgan fingerprint density at radius 2 is 1.89 bits per heavy atom. The summed E-state index contributed by atoms with van der Waals surface area (Å²) in [7, 11) is 0. The molecule has 0 aliphatic heterocycles. The summed E-state index contributed by atoms with van der Waals surface area (Å²) >= 11 is 15.2. The van der Waals surface area contributed by atoms with Crippen molar-refractivity contribution in [2.45, 2.75) is 0 Å². The molecule has 0 aromatic heterocycles. The minimum Gasteiger partial charge on any atom is -0.289 e. The van der Waals surface area contributed by atoms with E-state index >= 15 is 0 Å². The number of hydrogen-bond acceptors (Lipinski definition) is 1. The van der Waals surface area contributed by atoms with Crippen molar-refractivity contribution in [3.8, 4) is 0 Å². The van der Waals surface area contributed by atoms with Crippen LogP contribution in [0.5, 0.6) is 0 Å². The van der Waals surface area contributed by atoms with Gasteiger partial charge in [0.25, 0.3) is 0 Å². The van der Waals surface area contributed by atoms with Crippen LogP contribution >= 0.6 is 39.1 Å². The summed E-state index contributed by atoms with van der Waals surface area (Å²) in [6, 6.07) is 12.5. The zero-order valence-electron chi connectivity index (χ0n) is 9.74. The first kappa shape index (κ1) is 14.3. The van der Waals surface area contributed by atoms with Gasteiger partial charge in [-0.2, -0.15) is 0 Å². The van der Waals surface area contributed by atoms with E-state index in [1.807, 2.05) is 24.3 Å². The van der Waals surface area contributed by atoms with Crippen molar-refractivity contribution in [2.75, 3.05) is 0 Å². The standard InChI is InChI=1S/C15H9BrCl2O/c16-11-3-1-2-10(8-11)4-7-15(19)13-9-12(17)5-6-14(13)18/h1-9H. The Labute approximate surface area is 130 Å². The second-order valence-electron chi connectivity index (χ2n) is 3.88. The number of halogens is 3. The molecule has 2 aromatic carbocycles. The van der Waals surface area contributed by atoms with Crippen LogP contribution in [0.1, 0.15) is 15.9 Å². The van der Waals surface area contributed by atoms with Gasteiger partial charge in [-0.25, -0.2) is 0 Å². The van der Waals surface area contributed by atoms with E-state index in [9.17, 15) is 4.79 Å². The third kappa shape index (κ3) is 3.93. The fourth-order valence-electron chi connectivity index (χ4n) is 1.56. The van der Waals surface area contributed by atoms with Crippen LogP contribution in [0.15, 0.2) is 53.0 Å². The molecule has 2 rings (SSSR count). The molecule has 0 fully saturated rings. The van der Waals surface area contributed by atoms with Crippen molar-refractivity contribution in [3.05, 3.63) is 74.2 Å². The van der Waals surface area contributed by atoms with Gasteiger partial charge in [-0.05, 0) is 42.0 Å². The van der Waals surface area contributed by atoms with E-state index in [4.69, 9.17) is 23.2 Å². The number of benzene rings is 2. The van der Waals surface area contributed by atoms with E-state index in [0.717, 1.165) is 10.0 Å². The molecule has 96 valence electrons. The van der Waals surface area contributed by atoms with Gasteiger partial charge >= 0.3 is 0 Å². The second kappa shape index (κ2) is 6.38. The van der Waals surface area contributed by atoms with Crippen LogP contribution < -0.4 is 0 Å². The number of carbonyl (C=O) groups excluding carboxylic acids is 1. The molecule has 4 heteroatoms. The Bertz CT molecular complexity index is 650. The molecule has 0 spiro atoms. The van der Waals surface area contributed by atoms with E-state index in [1.165, 1.54) is 6.08 Å². The van der Waals surface area contributed by atoms with Gasteiger partial charge < -0.3 is 0 Å². The molecule has 1 nitrogen and oxygen atoms in total. The third-order valence-corrected chi connectivity index (χ3v) is 3.53. The third-order valence-electron chi connectivity index (χ3n) is 2.47. The van der Waals surface area contributed by atoms with Gasteiger partial charge in [-0.3, -0.25) is 4.79 Å². The van der Waals surface area contributed by atoms with Gasteiger partial charge in [-0.15, -0.1) is 0 Å². The molecule has 0 bridgehead atoms. The van der Waals surface area contributed by atoms with Crippen molar-refractivity contribution in [3.63, 3.8) is 0 Å². The molecule has 0 heterocycles. The highest BCUT2D eigenvalue weighted by atomic mass is 79.9. The second-order valence-corrected chi connectivity index (χ2v) is 5.64. The Balaban J connectivity index is 2.23. The Morgan fingerprint density at radius 3 is 2.63 bits per heavy atom. The van der Waals surface area contributed by atoms with Crippen LogP contribution in [0, 0.1) is 0 Å². The molecule has 0 amide bonds. The van der Waals surface area contributed by atoms with Gasteiger partial charge in [0.15, 0.2) is 5.78 Å². The lowest BCUT2D eigenvalue weighted by Gasteiger charge is -2.00. The lowest BCUT2D eigenvalue weighted by Crippen LogP contribution is -1.95. The molecule has 19 heavy (non-hydrogen) atoms. The summed E-state index contributed by atoms with van der Waals surface area (Å²) in [5, 5.41) is 0.886. The first-order chi connectivity index (χ1) is 9.06. The van der Waals surface area contributed by atoms with Crippen LogP contribution in [0.4, 0.5) is 0 Å². The Morgan fingerprint density at radius 1 is 1.11 bits per heavy atom. The molecule has 0 saturated carbocycles. The van der Waals surface area contributed by atoms with Crippen molar-refractivity contribution < 1.29 is 4.79 Å². The number of rotatable bonds is 3. The average Bonchev–Trinajstić information content (AvgIpc) is 2.39. The van der Waals surface area contributed by atoms with Crippen LogP contribution in [-0.2, 0) is 0 Å². The average molecular weight is 356 g/mol. The van der Waals surface area contributed by atoms with Crippen LogP contribution in [0.3, 0.4) is 0 Å². The molecule has 0 radical (unpaired) electrons. The maximum absolute atomic E-state index is 12.0. The van der Waals surface area contributed by atoms with Crippen LogP contribution in [0.25, 0.3) is 6.08 Å². The van der Waals surface area contributed by atoms with Gasteiger partial charge in [0, 0.05) is 15.1 Å². The van der Waals surface area contributed by atoms with Crippen molar-refractivity contribution in [1.82, 2.24) is 0 Å². The molecule has 2 aromatic rings. The van der Waals surface area contributed by atoms with Gasteiger partial charge in [0.2, 0.25) is 0 Å². The summed E-state index contributed by atoms with van der Waals surface area (Å²) in [5.74, 6) is -0.174. The lowest BCUT2D eigenvalue weighted by molar-refractivity contribution is 0.104. The van der Waals surface area contributed by atoms with Crippen molar-refractivity contribution >= 4 is 51.0 Å². The van der Waals surface area contributed by atoms with Crippen LogP contribution in [0.2, 0.25) is 10.0 Å². The number of ketones is 1. The van der Waals surface area contributed by atoms with Gasteiger partial charge in [-0.1, -0.05) is 57.3 Å². The van der Waals surface area contributed by atoms with E-state index in [0.29, 0.717) is 15.6 Å². The highest BCUT2D eigenvalue weighted by molar-refractivity contribution is 9.10. The maximum atomic E-state index is 12.0. The smallest absolute Gasteiger partial charge is 0.187 e. The fourth-order valence-corrected chi connectivity index (χ4v) is 2.36. The Kier molecular flexibility index (Phi) is 4.81. The van der Waals surface area contributed by atoms with E-state index in [-0.39, 0.29) is 5.78 Å². The summed E-state index contributed by atoms with van der Waals surface area (Å²) < 4.78 is 0.961. The number of allylic oxidation sites excluding steroid dienone is 1. The van der Waals surface area contributed by atoms with E-state index < -0.39 is 0 Å². The SMILES string of the molecule is O=C(C=Cc1cccc(Br)c1)c1cc(Cl)ccc1Cl. The lowest BCUT2D eigenvalue weighted by atomic mass is 10.1. The quantitative estimate of drug-likeness (QED) is 0.513. The summed E-state index contributed by atoms with van der Waals surface area (Å²) in [5.41, 5.74) is 1.33. The molecular formula is C15H9BrCl2O. The Hall–Kier alpha value is -1.09. The van der Waals surface area contributed by atoms with E-state index in [2.05, 4.69) is 15.9 Å². The number of carbonyl (C=O) groups is 1. The highest BCUT2D eigenvalue weighted by Gasteiger charge is 2.07. The molecule has 0 N–H and O–H groups in total. The topological polar surface area (TPSA) is 17.1 Å². The minimum atomic E-state index is -0.174. The molecule has 0 unspecified atom stereocenters. The zero-order valence-corrected chi connectivity index (χ0v) is 12.8. The van der Waals surface area contributed by atoms with Crippen molar-refractivity contribution in [1.29, 1.82) is 0 Å². The molecule has 0 atom stereocenters. The zero-order chi connectivity index (χ0) is 13.8. The highest BCUT2D eigenvalue weighted by Crippen LogP contribution is 2.22. The molecule has 0 aliphatic carbocycles. The molecule has 0 aliphatic rings. The van der Waals surface area contributed by atoms with Gasteiger partial charge in [0.05, 0.1) is 5.02 Å². The summed E-state index contributed by atoms with van der Waals surface area (Å²) in [6.07, 6.45) is 3.23. The fraction of sp³-hybridized carbons (Fsp3) is 0. The van der Waals surface area contributed by atoms with Gasteiger partial charge in [0.1, 0.15) is 0 Å². The minimum absolute atomic E-state index is 0.174. The van der Waals surface area contributed by atoms with Crippen molar-refractivity contribution in [2.24, 2.45) is 0 Å². The predicted octanol–water partition coefficient (Wildman–Crippen LogP) is 5.65. The summed E-state index contributed by atoms with van der Waals surface area (Å²) in [6.45, 7) is 0. The predicted molar refractivity (Wildman–Crippen MR) is 84.0 cm³/mol. The molecule has 0 saturated heterocycles. The summed E-state index contributed by atoms with van der Waals surface area (Å²) in [4.78, 5) is 12.0. The first-order valence-electron chi connectivity index (χ1n) is 5.49. The number of hydrogen-bond donors (Lipinski definition) is 0. The normalized spacial score (nSPS) is 10.9. The van der Waals surface area contributed by atoms with E-state index in [1.54, 1.807) is 24.3 Å².